The summed E-state index contributed by atoms with van der Waals surface area (Å²) in [6.07, 6.45) is 16.6. The Kier molecular flexibility index (Phi) is 45.2. The van der Waals surface area contributed by atoms with Gasteiger partial charge in [-0.05, 0) is 151 Å². The Balaban J connectivity index is 0.635. The fourth-order valence-corrected chi connectivity index (χ4v) is 16.5. The molecule has 3 aromatic heterocycles. The quantitative estimate of drug-likeness (QED) is 0.0138. The number of carbonyl (C=O) groups excluding carboxylic acids is 8. The number of methoxy groups -OCH3 is 3. The number of unbranched alkanes of at least 4 members (excludes halogenated alkanes) is 2. The van der Waals surface area contributed by atoms with E-state index in [4.69, 9.17) is 87.3 Å². The number of Topliss-reactive ketones (excluding diaryl/α,β-unsaturated/α-hetero) is 5. The number of nitrogens with two attached hydrogens (primary N) is 2. The Morgan fingerprint density at radius 1 is 0.659 bits per heavy atom. The number of cyclic esters (lactones) is 1. The van der Waals surface area contributed by atoms with E-state index in [0.29, 0.717) is 248 Å². The highest BCUT2D eigenvalue weighted by Crippen LogP contribution is 2.40. The van der Waals surface area contributed by atoms with Crippen LogP contribution < -0.4 is 11.5 Å². The van der Waals surface area contributed by atoms with Gasteiger partial charge in [-0.2, -0.15) is 10.1 Å². The van der Waals surface area contributed by atoms with Crippen LogP contribution in [-0.2, 0) is 111 Å². The van der Waals surface area contributed by atoms with E-state index in [-0.39, 0.29) is 79.2 Å². The Morgan fingerprint density at radius 2 is 1.29 bits per heavy atom. The summed E-state index contributed by atoms with van der Waals surface area (Å²) in [5, 5.41) is 29.3. The molecule has 0 radical (unpaired) electrons. The zero-order chi connectivity index (χ0) is 90.9. The van der Waals surface area contributed by atoms with Crippen molar-refractivity contribution in [2.75, 3.05) is 145 Å². The van der Waals surface area contributed by atoms with E-state index in [1.165, 1.54) is 18.3 Å². The number of ether oxygens (including phenoxy) is 14. The van der Waals surface area contributed by atoms with Gasteiger partial charge in [0.25, 0.3) is 17.7 Å². The van der Waals surface area contributed by atoms with E-state index in [1.807, 2.05) is 68.0 Å². The standard InChI is InChI=1S/C93H140N8O25/c1-61-21-13-11-14-22-62(2)78(112-8)58-72-30-27-67(7)93(111,126-72)87(108)90(109)100-35-18-16-25-74(100)91(110)124-79(59-75(104)63(3)54-66(6)85(107)86(114-10)84(106)65(5)53-61)64(4)55-68-28-31-77(80(56-68)113-9)123-81(105)26-20-38-116-42-46-120-50-52-122-48-44-118-40-34-71(103)24-19-37-115-41-45-119-49-51-121-47-43-117-39-33-70(102)23-15-12-17-36-101-89-82(88(94)96-60-97-89)83(99-101)69-29-32-76-73(57-69)98-92(95)125-76/h11,13-14,21-22,29,32,54,57,60-61,63-65,67-68,72,74,77-80,85-86,107,111H,12,15-20,23-28,30-31,33-53,55-56,58-59H2,1-10H3,(H2,95,98)(H2,94,96,97)/b14-11+,21-13+,62-22+,66-54+/t61-,63-,64-,65-,67-,68+,72+,74+,77-,78+,79+,80-,85-,86+,93-/m1/s1. The number of hydrogen-bond acceptors (Lipinski definition) is 31. The van der Waals surface area contributed by atoms with E-state index in [9.17, 15) is 48.6 Å². The molecule has 2 saturated heterocycles. The number of benzene rings is 1. The van der Waals surface area contributed by atoms with Crippen molar-refractivity contribution < 1.29 is 119 Å². The summed E-state index contributed by atoms with van der Waals surface area (Å²) in [7, 11) is 4.50. The lowest BCUT2D eigenvalue weighted by molar-refractivity contribution is -0.265. The summed E-state index contributed by atoms with van der Waals surface area (Å²) in [4.78, 5) is 124. The number of aromatic nitrogens is 5. The molecule has 6 heterocycles. The Labute approximate surface area is 741 Å². The van der Waals surface area contributed by atoms with Crippen molar-refractivity contribution in [1.29, 1.82) is 0 Å². The van der Waals surface area contributed by atoms with Crippen LogP contribution in [0.2, 0.25) is 0 Å². The summed E-state index contributed by atoms with van der Waals surface area (Å²) in [5.74, 6) is -8.43. The Hall–Kier alpha value is -8.00. The second-order valence-electron chi connectivity index (χ2n) is 33.8. The summed E-state index contributed by atoms with van der Waals surface area (Å²) >= 11 is 0. The van der Waals surface area contributed by atoms with E-state index in [2.05, 4.69) is 15.0 Å². The summed E-state index contributed by atoms with van der Waals surface area (Å²) in [5.41, 5.74) is 16.5. The molecule has 8 rings (SSSR count). The maximum atomic E-state index is 14.8. The molecule has 1 amide bonds. The largest absolute Gasteiger partial charge is 0.460 e. The van der Waals surface area contributed by atoms with Crippen molar-refractivity contribution in [2.45, 2.75) is 251 Å². The predicted octanol–water partition coefficient (Wildman–Crippen LogP) is 10.7. The third kappa shape index (κ3) is 33.2. The fourth-order valence-electron chi connectivity index (χ4n) is 16.5. The minimum atomic E-state index is -2.48. The molecule has 1 aliphatic carbocycles. The lowest BCUT2D eigenvalue weighted by atomic mass is 9.78. The van der Waals surface area contributed by atoms with Crippen LogP contribution in [0.15, 0.2) is 76.5 Å². The highest BCUT2D eigenvalue weighted by atomic mass is 16.6. The van der Waals surface area contributed by atoms with Gasteiger partial charge in [-0.1, -0.05) is 77.5 Å². The van der Waals surface area contributed by atoms with Crippen molar-refractivity contribution in [3.05, 3.63) is 72.1 Å². The first-order chi connectivity index (χ1) is 60.7. The molecule has 0 unspecified atom stereocenters. The van der Waals surface area contributed by atoms with Gasteiger partial charge in [-0.3, -0.25) is 33.6 Å². The van der Waals surface area contributed by atoms with Crippen molar-refractivity contribution in [3.8, 4) is 11.3 Å². The molecule has 702 valence electrons. The normalized spacial score (nSPS) is 26.6. The molecule has 33 heteroatoms. The molecule has 1 aromatic carbocycles. The number of oxazole rings is 1. The van der Waals surface area contributed by atoms with Crippen molar-refractivity contribution in [2.24, 2.45) is 35.5 Å². The van der Waals surface area contributed by atoms with Gasteiger partial charge in [0.1, 0.15) is 71.2 Å². The highest BCUT2D eigenvalue weighted by molar-refractivity contribution is 6.39. The molecule has 4 aliphatic rings. The molecule has 15 atom stereocenters. The van der Waals surface area contributed by atoms with Crippen molar-refractivity contribution in [1.82, 2.24) is 29.6 Å². The number of aliphatic hydroxyl groups is 2. The minimum Gasteiger partial charge on any atom is -0.460 e. The van der Waals surface area contributed by atoms with Gasteiger partial charge in [-0.25, -0.2) is 19.4 Å². The number of nitrogens with zero attached hydrogens (tertiary/aromatic N) is 6. The number of piperidine rings is 1. The number of carbonyl (C=O) groups is 8. The first-order valence-corrected chi connectivity index (χ1v) is 45.2. The Morgan fingerprint density at radius 3 is 1.94 bits per heavy atom. The van der Waals surface area contributed by atoms with E-state index in [1.54, 1.807) is 54.1 Å². The summed E-state index contributed by atoms with van der Waals surface area (Å²) < 4.78 is 88.2. The van der Waals surface area contributed by atoms with E-state index < -0.39 is 95.9 Å². The molecule has 6 N–H and O–H groups in total. The number of aryl methyl sites for hydroxylation is 1. The Bertz CT molecular complexity index is 4180. The van der Waals surface area contributed by atoms with Crippen LogP contribution in [0.1, 0.15) is 190 Å². The smallest absolute Gasteiger partial charge is 0.329 e. The van der Waals surface area contributed by atoms with Gasteiger partial charge in [0.2, 0.25) is 5.79 Å². The van der Waals surface area contributed by atoms with Crippen molar-refractivity contribution >= 4 is 80.7 Å². The van der Waals surface area contributed by atoms with Gasteiger partial charge in [0.15, 0.2) is 17.0 Å². The van der Waals surface area contributed by atoms with Crippen LogP contribution in [0.4, 0.5) is 11.8 Å². The zero-order valence-electron chi connectivity index (χ0n) is 75.8. The molecule has 126 heavy (non-hydrogen) atoms. The molecule has 0 spiro atoms. The van der Waals surface area contributed by atoms with E-state index >= 15 is 0 Å². The fraction of sp³-hybridized carbons (Fsp3) is 0.699. The number of amides is 1. The number of allylic oxidation sites excluding steroid dienone is 6. The highest BCUT2D eigenvalue weighted by Gasteiger charge is 2.53. The SMILES string of the molecule is CO[C@H]1C[C@@H]2CC[C@@H](C)[C@@](O)(O2)C(=O)C(=O)N2CCCC[C@H]2C(=O)O[C@H]([C@H](C)C[C@@H]2CC[C@@H](OC(=O)CCCOCCOCCOCCOCCC(=O)CCCOCCOCCOCCOCCC(=O)CCCCCn3nc(-c4ccc5oc(N)nc5c4)c4c(N)ncnc43)[C@H](OC)C2)CC(=O)[C@H](C)/C=C(\C)[C@@H](O)[C@@H](OC)C(=O)[C@H](C)C[C@H](C)/C=C/C=C/C=C/1C. The summed E-state index contributed by atoms with van der Waals surface area (Å²) in [6, 6.07) is 4.38. The topological polar surface area (TPSA) is 431 Å². The zero-order valence-corrected chi connectivity index (χ0v) is 75.8. The number of anilines is 2. The minimum absolute atomic E-state index is 0.00881. The molecule has 3 fully saturated rings. The monoisotopic (exact) mass is 1770 g/mol. The maximum Gasteiger partial charge on any atom is 0.329 e. The number of hydrogen-bond donors (Lipinski definition) is 4. The summed E-state index contributed by atoms with van der Waals surface area (Å²) in [6.45, 7) is 19.0. The molecular weight excluding hydrogens is 1630 g/mol. The first kappa shape index (κ1) is 103. The third-order valence-electron chi connectivity index (χ3n) is 24.0. The molecule has 2 bridgehead atoms. The average molecular weight is 1770 g/mol. The second kappa shape index (κ2) is 55.1. The number of ketones is 5. The van der Waals surface area contributed by atoms with E-state index in [0.717, 1.165) is 30.4 Å². The first-order valence-electron chi connectivity index (χ1n) is 45.2. The van der Waals surface area contributed by atoms with Crippen LogP contribution in [0.5, 0.6) is 0 Å². The van der Waals surface area contributed by atoms with Crippen molar-refractivity contribution in [3.63, 3.8) is 0 Å². The van der Waals surface area contributed by atoms with Gasteiger partial charge in [-0.15, -0.1) is 0 Å². The number of esters is 2. The predicted molar refractivity (Wildman–Crippen MR) is 469 cm³/mol. The lowest BCUT2D eigenvalue weighted by Gasteiger charge is -2.42. The maximum absolute atomic E-state index is 14.8. The number of fused-ring (bicyclic) bond motifs is 5. The number of rotatable bonds is 46. The molecule has 33 nitrogen and oxygen atoms in total. The number of aliphatic hydroxyl groups excluding tert-OH is 1. The second-order valence-corrected chi connectivity index (χ2v) is 33.8. The van der Waals surface area contributed by atoms with Gasteiger partial charge < -0.3 is 97.3 Å². The van der Waals surface area contributed by atoms with Crippen LogP contribution in [-0.4, -0.2) is 275 Å². The lowest BCUT2D eigenvalue weighted by Crippen LogP contribution is -2.61. The van der Waals surface area contributed by atoms with Crippen LogP contribution in [0.25, 0.3) is 33.4 Å². The van der Waals surface area contributed by atoms with Gasteiger partial charge >= 0.3 is 11.9 Å². The van der Waals surface area contributed by atoms with Crippen LogP contribution in [0.3, 0.4) is 0 Å². The van der Waals surface area contributed by atoms with Crippen LogP contribution >= 0.6 is 0 Å². The molecular formula is C93H140N8O25. The average Bonchev–Trinajstić information content (AvgIpc) is 1.41. The molecule has 4 aromatic rings. The molecule has 3 aliphatic heterocycles. The van der Waals surface area contributed by atoms with Crippen LogP contribution in [0, 0.1) is 35.5 Å². The number of nitrogen functional groups attached to an aromatic ring is 2. The third-order valence-corrected chi connectivity index (χ3v) is 24.0. The van der Waals surface area contributed by atoms with Gasteiger partial charge in [0, 0.05) is 116 Å². The molecule has 1 saturated carbocycles. The van der Waals surface area contributed by atoms with Gasteiger partial charge in [0.05, 0.1) is 116 Å².